The molecule has 0 saturated carbocycles. The molecular weight excluding hydrogens is 304 g/mol. The van der Waals surface area contributed by atoms with Gasteiger partial charge in [0, 0.05) is 31.9 Å². The standard InChI is InChI=1S/C19H28N2O3/c1-6-20(7-2)17-11-9-16(10-12-17)19(23)24-14-18(22)21(8-3)13-15(4)5/h9-12H,4,6-8,13-14H2,1-3,5H3. The van der Waals surface area contributed by atoms with E-state index in [1.807, 2.05) is 26.0 Å². The van der Waals surface area contributed by atoms with Crippen molar-refractivity contribution in [1.29, 1.82) is 0 Å². The first kappa shape index (κ1) is 19.7. The van der Waals surface area contributed by atoms with Crippen LogP contribution in [0, 0.1) is 0 Å². The normalized spacial score (nSPS) is 10.2. The molecule has 0 aromatic heterocycles. The second-order valence-electron chi connectivity index (χ2n) is 5.66. The van der Waals surface area contributed by atoms with E-state index in [9.17, 15) is 9.59 Å². The summed E-state index contributed by atoms with van der Waals surface area (Å²) in [6.45, 7) is 14.3. The molecule has 1 rings (SSSR count). The number of likely N-dealkylation sites (N-methyl/N-ethyl adjacent to an activating group) is 1. The van der Waals surface area contributed by atoms with Crippen molar-refractivity contribution in [1.82, 2.24) is 4.90 Å². The first-order valence-electron chi connectivity index (χ1n) is 8.37. The Hall–Kier alpha value is -2.30. The fourth-order valence-corrected chi connectivity index (χ4v) is 2.40. The molecule has 0 atom stereocenters. The maximum absolute atomic E-state index is 12.1. The van der Waals surface area contributed by atoms with Gasteiger partial charge in [-0.15, -0.1) is 0 Å². The van der Waals surface area contributed by atoms with Crippen LogP contribution < -0.4 is 4.90 Å². The van der Waals surface area contributed by atoms with Crippen molar-refractivity contribution in [3.8, 4) is 0 Å². The third-order valence-electron chi connectivity index (χ3n) is 3.75. The quantitative estimate of drug-likeness (QED) is 0.515. The second-order valence-corrected chi connectivity index (χ2v) is 5.66. The molecule has 0 unspecified atom stereocenters. The van der Waals surface area contributed by atoms with E-state index < -0.39 is 5.97 Å². The highest BCUT2D eigenvalue weighted by atomic mass is 16.5. The first-order valence-corrected chi connectivity index (χ1v) is 8.37. The van der Waals surface area contributed by atoms with Gasteiger partial charge in [0.05, 0.1) is 5.56 Å². The highest BCUT2D eigenvalue weighted by molar-refractivity contribution is 5.91. The number of nitrogens with zero attached hydrogens (tertiary/aromatic N) is 2. The van der Waals surface area contributed by atoms with Crippen LogP contribution in [0.4, 0.5) is 5.69 Å². The second kappa shape index (κ2) is 9.75. The van der Waals surface area contributed by atoms with Gasteiger partial charge in [0.25, 0.3) is 5.91 Å². The Morgan fingerprint density at radius 3 is 2.08 bits per heavy atom. The molecule has 24 heavy (non-hydrogen) atoms. The Bertz CT molecular complexity index is 562. The Balaban J connectivity index is 2.62. The lowest BCUT2D eigenvalue weighted by Gasteiger charge is -2.21. The molecular formula is C19H28N2O3. The van der Waals surface area contributed by atoms with E-state index in [1.165, 1.54) is 0 Å². The third kappa shape index (κ3) is 5.72. The molecule has 0 saturated heterocycles. The molecule has 1 aromatic carbocycles. The number of carbonyl (C=O) groups is 2. The number of esters is 1. The van der Waals surface area contributed by atoms with Crippen LogP contribution in [0.25, 0.3) is 0 Å². The highest BCUT2D eigenvalue weighted by Crippen LogP contribution is 2.15. The highest BCUT2D eigenvalue weighted by Gasteiger charge is 2.15. The first-order chi connectivity index (χ1) is 11.4. The zero-order valence-corrected chi connectivity index (χ0v) is 15.2. The summed E-state index contributed by atoms with van der Waals surface area (Å²) in [6, 6.07) is 7.24. The topological polar surface area (TPSA) is 49.9 Å². The van der Waals surface area contributed by atoms with E-state index in [-0.39, 0.29) is 12.5 Å². The summed E-state index contributed by atoms with van der Waals surface area (Å²) < 4.78 is 5.13. The molecule has 0 fully saturated rings. The van der Waals surface area contributed by atoms with Gasteiger partial charge in [-0.3, -0.25) is 4.79 Å². The average Bonchev–Trinajstić information content (AvgIpc) is 2.58. The van der Waals surface area contributed by atoms with E-state index in [1.54, 1.807) is 17.0 Å². The predicted octanol–water partition coefficient (Wildman–Crippen LogP) is 3.11. The molecule has 0 bridgehead atoms. The third-order valence-corrected chi connectivity index (χ3v) is 3.75. The van der Waals surface area contributed by atoms with Crippen molar-refractivity contribution in [3.05, 3.63) is 42.0 Å². The van der Waals surface area contributed by atoms with Crippen molar-refractivity contribution >= 4 is 17.6 Å². The van der Waals surface area contributed by atoms with Gasteiger partial charge in [0.15, 0.2) is 6.61 Å². The van der Waals surface area contributed by atoms with E-state index in [0.29, 0.717) is 18.7 Å². The summed E-state index contributed by atoms with van der Waals surface area (Å²) in [6.07, 6.45) is 0. The lowest BCUT2D eigenvalue weighted by Crippen LogP contribution is -2.35. The van der Waals surface area contributed by atoms with E-state index >= 15 is 0 Å². The molecule has 1 aromatic rings. The Morgan fingerprint density at radius 2 is 1.62 bits per heavy atom. The van der Waals surface area contributed by atoms with Crippen LogP contribution in [0.2, 0.25) is 0 Å². The SMILES string of the molecule is C=C(C)CN(CC)C(=O)COC(=O)c1ccc(N(CC)CC)cc1. The summed E-state index contributed by atoms with van der Waals surface area (Å²) in [7, 11) is 0. The van der Waals surface area contributed by atoms with Crippen LogP contribution in [0.15, 0.2) is 36.4 Å². The summed E-state index contributed by atoms with van der Waals surface area (Å²) in [4.78, 5) is 27.9. The molecule has 5 nitrogen and oxygen atoms in total. The number of anilines is 1. The molecule has 0 N–H and O–H groups in total. The predicted molar refractivity (Wildman–Crippen MR) is 97.4 cm³/mol. The number of amides is 1. The van der Waals surface area contributed by atoms with Crippen LogP contribution >= 0.6 is 0 Å². The molecule has 0 spiro atoms. The molecule has 0 aliphatic rings. The number of carbonyl (C=O) groups excluding carboxylic acids is 2. The van der Waals surface area contributed by atoms with Gasteiger partial charge in [0.1, 0.15) is 0 Å². The molecule has 0 aliphatic carbocycles. The zero-order chi connectivity index (χ0) is 18.1. The molecule has 0 heterocycles. The fraction of sp³-hybridized carbons (Fsp3) is 0.474. The molecule has 132 valence electrons. The smallest absolute Gasteiger partial charge is 0.338 e. The van der Waals surface area contributed by atoms with Crippen molar-refractivity contribution in [3.63, 3.8) is 0 Å². The Labute approximate surface area is 144 Å². The largest absolute Gasteiger partial charge is 0.452 e. The van der Waals surface area contributed by atoms with Gasteiger partial charge in [-0.05, 0) is 52.0 Å². The minimum absolute atomic E-state index is 0.214. The number of hydrogen-bond donors (Lipinski definition) is 0. The van der Waals surface area contributed by atoms with Gasteiger partial charge in [-0.25, -0.2) is 4.79 Å². The van der Waals surface area contributed by atoms with Crippen LogP contribution in [0.5, 0.6) is 0 Å². The average molecular weight is 332 g/mol. The minimum atomic E-state index is -0.485. The van der Waals surface area contributed by atoms with Gasteiger partial charge in [-0.1, -0.05) is 12.2 Å². The molecule has 0 radical (unpaired) electrons. The number of hydrogen-bond acceptors (Lipinski definition) is 4. The number of rotatable bonds is 9. The van der Waals surface area contributed by atoms with Gasteiger partial charge in [-0.2, -0.15) is 0 Å². The van der Waals surface area contributed by atoms with Crippen molar-refractivity contribution in [2.75, 3.05) is 37.7 Å². The van der Waals surface area contributed by atoms with Crippen molar-refractivity contribution in [2.24, 2.45) is 0 Å². The van der Waals surface area contributed by atoms with Crippen LogP contribution in [0.3, 0.4) is 0 Å². The summed E-state index contributed by atoms with van der Waals surface area (Å²) >= 11 is 0. The monoisotopic (exact) mass is 332 g/mol. The number of ether oxygens (including phenoxy) is 1. The van der Waals surface area contributed by atoms with Gasteiger partial charge in [0.2, 0.25) is 0 Å². The Kier molecular flexibility index (Phi) is 8.02. The maximum Gasteiger partial charge on any atom is 0.338 e. The van der Waals surface area contributed by atoms with Gasteiger partial charge >= 0.3 is 5.97 Å². The molecule has 5 heteroatoms. The van der Waals surface area contributed by atoms with Crippen LogP contribution in [-0.2, 0) is 9.53 Å². The Morgan fingerprint density at radius 1 is 1.04 bits per heavy atom. The van der Waals surface area contributed by atoms with E-state index in [0.717, 1.165) is 24.4 Å². The minimum Gasteiger partial charge on any atom is -0.452 e. The summed E-state index contributed by atoms with van der Waals surface area (Å²) in [5.41, 5.74) is 2.40. The molecule has 0 aliphatic heterocycles. The lowest BCUT2D eigenvalue weighted by molar-refractivity contribution is -0.133. The summed E-state index contributed by atoms with van der Waals surface area (Å²) in [5, 5.41) is 0. The van der Waals surface area contributed by atoms with Crippen LogP contribution in [-0.4, -0.2) is 49.6 Å². The summed E-state index contributed by atoms with van der Waals surface area (Å²) in [5.74, 6) is -0.700. The van der Waals surface area contributed by atoms with E-state index in [4.69, 9.17) is 4.74 Å². The van der Waals surface area contributed by atoms with Crippen molar-refractivity contribution in [2.45, 2.75) is 27.7 Å². The lowest BCUT2D eigenvalue weighted by atomic mass is 10.2. The fourth-order valence-electron chi connectivity index (χ4n) is 2.40. The van der Waals surface area contributed by atoms with E-state index in [2.05, 4.69) is 25.3 Å². The zero-order valence-electron chi connectivity index (χ0n) is 15.2. The van der Waals surface area contributed by atoms with Crippen molar-refractivity contribution < 1.29 is 14.3 Å². The maximum atomic E-state index is 12.1. The van der Waals surface area contributed by atoms with Crippen LogP contribution in [0.1, 0.15) is 38.1 Å². The van der Waals surface area contributed by atoms with Gasteiger partial charge < -0.3 is 14.5 Å². The molecule has 1 amide bonds. The number of benzene rings is 1.